The molecule has 0 aromatic carbocycles. The maximum absolute atomic E-state index is 10.3. The van der Waals surface area contributed by atoms with Crippen LogP contribution in [0.1, 0.15) is 20.3 Å². The topological polar surface area (TPSA) is 69.6 Å². The fourth-order valence-electron chi connectivity index (χ4n) is 0.928. The van der Waals surface area contributed by atoms with Gasteiger partial charge in [-0.05, 0) is 20.3 Å². The normalized spacial score (nSPS) is 15.2. The van der Waals surface area contributed by atoms with Gasteiger partial charge < -0.3 is 10.2 Å². The lowest BCUT2D eigenvalue weighted by Gasteiger charge is -2.15. The first-order chi connectivity index (χ1) is 5.43. The van der Waals surface area contributed by atoms with E-state index in [0.717, 1.165) is 0 Å². The van der Waals surface area contributed by atoms with Gasteiger partial charge in [-0.2, -0.15) is 0 Å². The minimum absolute atomic E-state index is 0.0754. The van der Waals surface area contributed by atoms with Gasteiger partial charge in [0.25, 0.3) is 0 Å². The van der Waals surface area contributed by atoms with E-state index in [1.54, 1.807) is 13.8 Å². The van der Waals surface area contributed by atoms with E-state index < -0.39 is 12.2 Å². The van der Waals surface area contributed by atoms with Gasteiger partial charge in [0.1, 0.15) is 6.23 Å². The van der Waals surface area contributed by atoms with Crippen molar-refractivity contribution in [1.82, 2.24) is 5.32 Å². The SMILES string of the molecule is C=C(CC(C)NC(C)O)C(=O)O. The molecule has 3 N–H and O–H groups in total. The number of aliphatic hydroxyl groups is 1. The summed E-state index contributed by atoms with van der Waals surface area (Å²) >= 11 is 0. The molecule has 0 spiro atoms. The largest absolute Gasteiger partial charge is 0.478 e. The molecule has 0 rings (SSSR count). The van der Waals surface area contributed by atoms with Gasteiger partial charge in [0.05, 0.1) is 0 Å². The van der Waals surface area contributed by atoms with Crippen molar-refractivity contribution in [3.05, 3.63) is 12.2 Å². The molecule has 0 aromatic heterocycles. The van der Waals surface area contributed by atoms with Crippen LogP contribution in [0.4, 0.5) is 0 Å². The van der Waals surface area contributed by atoms with E-state index in [0.29, 0.717) is 6.42 Å². The molecule has 0 bridgehead atoms. The van der Waals surface area contributed by atoms with Crippen LogP contribution in [0.25, 0.3) is 0 Å². The van der Waals surface area contributed by atoms with Gasteiger partial charge in [0.15, 0.2) is 0 Å². The Morgan fingerprint density at radius 3 is 2.42 bits per heavy atom. The molecule has 4 heteroatoms. The number of aliphatic carboxylic acids is 1. The fraction of sp³-hybridized carbons (Fsp3) is 0.625. The van der Waals surface area contributed by atoms with E-state index in [1.807, 2.05) is 0 Å². The lowest BCUT2D eigenvalue weighted by atomic mass is 10.1. The number of hydrogen-bond acceptors (Lipinski definition) is 3. The van der Waals surface area contributed by atoms with Crippen LogP contribution >= 0.6 is 0 Å². The average molecular weight is 173 g/mol. The fourth-order valence-corrected chi connectivity index (χ4v) is 0.928. The lowest BCUT2D eigenvalue weighted by Crippen LogP contribution is -2.34. The third-order valence-corrected chi connectivity index (χ3v) is 1.38. The van der Waals surface area contributed by atoms with E-state index in [9.17, 15) is 4.79 Å². The van der Waals surface area contributed by atoms with Crippen LogP contribution in [0.2, 0.25) is 0 Å². The molecule has 0 aromatic rings. The smallest absolute Gasteiger partial charge is 0.331 e. The van der Waals surface area contributed by atoms with Crippen LogP contribution in [0.5, 0.6) is 0 Å². The highest BCUT2D eigenvalue weighted by Crippen LogP contribution is 2.02. The zero-order valence-electron chi connectivity index (χ0n) is 7.37. The van der Waals surface area contributed by atoms with Crippen LogP contribution < -0.4 is 5.32 Å². The molecule has 0 heterocycles. The number of aliphatic hydroxyl groups excluding tert-OH is 1. The van der Waals surface area contributed by atoms with Crippen LogP contribution in [0.3, 0.4) is 0 Å². The number of carboxylic acids is 1. The van der Waals surface area contributed by atoms with E-state index in [2.05, 4.69) is 11.9 Å². The molecule has 0 aliphatic carbocycles. The second kappa shape index (κ2) is 4.90. The summed E-state index contributed by atoms with van der Waals surface area (Å²) in [6.07, 6.45) is -0.290. The summed E-state index contributed by atoms with van der Waals surface area (Å²) in [5, 5.41) is 20.1. The molecule has 0 saturated carbocycles. The summed E-state index contributed by atoms with van der Waals surface area (Å²) in [7, 11) is 0. The summed E-state index contributed by atoms with van der Waals surface area (Å²) in [6, 6.07) is -0.0754. The first-order valence-corrected chi connectivity index (χ1v) is 3.78. The van der Waals surface area contributed by atoms with Gasteiger partial charge in [-0.15, -0.1) is 0 Å². The van der Waals surface area contributed by atoms with Gasteiger partial charge >= 0.3 is 5.97 Å². The maximum atomic E-state index is 10.3. The Morgan fingerprint density at radius 1 is 1.58 bits per heavy atom. The number of carboxylic acid groups (broad SMARTS) is 1. The Bertz CT molecular complexity index is 177. The maximum Gasteiger partial charge on any atom is 0.331 e. The molecule has 12 heavy (non-hydrogen) atoms. The molecule has 0 saturated heterocycles. The van der Waals surface area contributed by atoms with E-state index in [4.69, 9.17) is 10.2 Å². The molecule has 0 aliphatic heterocycles. The van der Waals surface area contributed by atoms with E-state index in [-0.39, 0.29) is 11.6 Å². The first kappa shape index (κ1) is 11.1. The molecule has 0 amide bonds. The highest BCUT2D eigenvalue weighted by atomic mass is 16.4. The zero-order chi connectivity index (χ0) is 9.72. The molecule has 2 unspecified atom stereocenters. The van der Waals surface area contributed by atoms with Crippen molar-refractivity contribution in [2.45, 2.75) is 32.5 Å². The number of rotatable bonds is 5. The monoisotopic (exact) mass is 173 g/mol. The number of hydrogen-bond donors (Lipinski definition) is 3. The lowest BCUT2D eigenvalue weighted by molar-refractivity contribution is -0.132. The molecule has 0 radical (unpaired) electrons. The van der Waals surface area contributed by atoms with Crippen LogP contribution in [-0.2, 0) is 4.79 Å². The summed E-state index contributed by atoms with van der Waals surface area (Å²) < 4.78 is 0. The Balaban J connectivity index is 3.76. The molecule has 0 aliphatic rings. The molecule has 70 valence electrons. The van der Waals surface area contributed by atoms with Gasteiger partial charge in [-0.25, -0.2) is 4.79 Å². The Morgan fingerprint density at radius 2 is 2.08 bits per heavy atom. The Kier molecular flexibility index (Phi) is 4.54. The van der Waals surface area contributed by atoms with Crippen molar-refractivity contribution < 1.29 is 15.0 Å². The average Bonchev–Trinajstić information content (AvgIpc) is 1.84. The Labute approximate surface area is 71.9 Å². The summed E-state index contributed by atoms with van der Waals surface area (Å²) in [4.78, 5) is 10.3. The molecule has 0 fully saturated rings. The predicted molar refractivity (Wildman–Crippen MR) is 45.7 cm³/mol. The third-order valence-electron chi connectivity index (χ3n) is 1.38. The summed E-state index contributed by atoms with van der Waals surface area (Å²) in [5.41, 5.74) is 0.149. The Hall–Kier alpha value is -0.870. The van der Waals surface area contributed by atoms with Crippen molar-refractivity contribution in [2.24, 2.45) is 0 Å². The second-order valence-corrected chi connectivity index (χ2v) is 2.86. The van der Waals surface area contributed by atoms with Crippen molar-refractivity contribution >= 4 is 5.97 Å². The minimum Gasteiger partial charge on any atom is -0.478 e. The summed E-state index contributed by atoms with van der Waals surface area (Å²) in [6.45, 7) is 6.76. The first-order valence-electron chi connectivity index (χ1n) is 3.78. The molecule has 2 atom stereocenters. The van der Waals surface area contributed by atoms with Gasteiger partial charge in [0, 0.05) is 11.6 Å². The van der Waals surface area contributed by atoms with Crippen LogP contribution in [-0.4, -0.2) is 28.5 Å². The number of carbonyl (C=O) groups is 1. The molecule has 4 nitrogen and oxygen atoms in total. The van der Waals surface area contributed by atoms with Gasteiger partial charge in [-0.3, -0.25) is 5.32 Å². The zero-order valence-corrected chi connectivity index (χ0v) is 7.37. The van der Waals surface area contributed by atoms with Crippen molar-refractivity contribution in [3.8, 4) is 0 Å². The summed E-state index contributed by atoms with van der Waals surface area (Å²) in [5.74, 6) is -0.991. The van der Waals surface area contributed by atoms with Crippen LogP contribution in [0, 0.1) is 0 Å². The van der Waals surface area contributed by atoms with Crippen molar-refractivity contribution in [2.75, 3.05) is 0 Å². The van der Waals surface area contributed by atoms with Gasteiger partial charge in [-0.1, -0.05) is 6.58 Å². The number of nitrogens with one attached hydrogen (secondary N) is 1. The van der Waals surface area contributed by atoms with E-state index in [1.165, 1.54) is 0 Å². The highest BCUT2D eigenvalue weighted by Gasteiger charge is 2.10. The molecular weight excluding hydrogens is 158 g/mol. The van der Waals surface area contributed by atoms with Crippen LogP contribution in [0.15, 0.2) is 12.2 Å². The van der Waals surface area contributed by atoms with E-state index >= 15 is 0 Å². The quantitative estimate of drug-likeness (QED) is 0.414. The molecular formula is C8H15NO3. The van der Waals surface area contributed by atoms with Crippen molar-refractivity contribution in [3.63, 3.8) is 0 Å². The highest BCUT2D eigenvalue weighted by molar-refractivity contribution is 5.85. The second-order valence-electron chi connectivity index (χ2n) is 2.86. The van der Waals surface area contributed by atoms with Crippen molar-refractivity contribution in [1.29, 1.82) is 0 Å². The third kappa shape index (κ3) is 4.87. The minimum atomic E-state index is -0.991. The standard InChI is InChI=1S/C8H15NO3/c1-5(8(11)12)4-6(2)9-7(3)10/h6-7,9-10H,1,4H2,2-3H3,(H,11,12). The van der Waals surface area contributed by atoms with Gasteiger partial charge in [0.2, 0.25) is 0 Å². The predicted octanol–water partition coefficient (Wildman–Crippen LogP) is 0.334.